The van der Waals surface area contributed by atoms with Gasteiger partial charge >= 0.3 is 0 Å². The van der Waals surface area contributed by atoms with E-state index in [0.29, 0.717) is 5.71 Å². The first-order chi connectivity index (χ1) is 9.40. The van der Waals surface area contributed by atoms with Crippen molar-refractivity contribution in [3.63, 3.8) is 0 Å². The van der Waals surface area contributed by atoms with E-state index in [4.69, 9.17) is 10.1 Å². The van der Waals surface area contributed by atoms with Crippen LogP contribution >= 0.6 is 11.8 Å². The highest BCUT2D eigenvalue weighted by Gasteiger charge is 2.11. The van der Waals surface area contributed by atoms with Crippen LogP contribution in [0.25, 0.3) is 0 Å². The van der Waals surface area contributed by atoms with E-state index in [-0.39, 0.29) is 6.10 Å². The van der Waals surface area contributed by atoms with Gasteiger partial charge < -0.3 is 10.1 Å². The molecule has 20 heavy (non-hydrogen) atoms. The van der Waals surface area contributed by atoms with Crippen LogP contribution in [0.5, 0.6) is 5.75 Å². The van der Waals surface area contributed by atoms with Gasteiger partial charge in [-0.2, -0.15) is 0 Å². The molecule has 0 fully saturated rings. The SMILES string of the molecule is CN/C(SC)=C(/C)C(=N)c1ccc(OC(C)C)c(C)c1. The molecule has 0 spiro atoms. The smallest absolute Gasteiger partial charge is 0.122 e. The van der Waals surface area contributed by atoms with Gasteiger partial charge in [0.2, 0.25) is 0 Å². The standard InChI is InChI=1S/C16H24N2OS/c1-10(2)19-14-8-7-13(9-11(14)3)15(17)12(4)16(18-5)20-6/h7-10,17-18H,1-6H3/b16-12+,17-15?. The largest absolute Gasteiger partial charge is 0.491 e. The fourth-order valence-corrected chi connectivity index (χ4v) is 2.58. The number of nitrogens with one attached hydrogen (secondary N) is 2. The van der Waals surface area contributed by atoms with E-state index in [0.717, 1.165) is 27.5 Å². The van der Waals surface area contributed by atoms with Crippen molar-refractivity contribution in [3.8, 4) is 5.75 Å². The average Bonchev–Trinajstić information content (AvgIpc) is 2.41. The van der Waals surface area contributed by atoms with Crippen molar-refractivity contribution in [1.29, 1.82) is 5.41 Å². The lowest BCUT2D eigenvalue weighted by atomic mass is 10.0. The van der Waals surface area contributed by atoms with Crippen LogP contribution in [0.3, 0.4) is 0 Å². The van der Waals surface area contributed by atoms with E-state index in [1.165, 1.54) is 0 Å². The Balaban J connectivity index is 3.07. The molecule has 1 rings (SSSR count). The minimum absolute atomic E-state index is 0.160. The second-order valence-electron chi connectivity index (χ2n) is 4.93. The molecule has 3 nitrogen and oxygen atoms in total. The van der Waals surface area contributed by atoms with Crippen molar-refractivity contribution in [3.05, 3.63) is 39.9 Å². The molecule has 110 valence electrons. The number of aryl methyl sites for hydroxylation is 1. The minimum Gasteiger partial charge on any atom is -0.491 e. The molecule has 0 aliphatic carbocycles. The number of thioether (sulfide) groups is 1. The molecule has 0 atom stereocenters. The van der Waals surface area contributed by atoms with Crippen LogP contribution in [0.1, 0.15) is 31.9 Å². The number of hydrogen-bond acceptors (Lipinski definition) is 4. The Morgan fingerprint density at radius 3 is 2.45 bits per heavy atom. The first-order valence-corrected chi connectivity index (χ1v) is 7.92. The van der Waals surface area contributed by atoms with Crippen LogP contribution in [0, 0.1) is 12.3 Å². The Morgan fingerprint density at radius 1 is 1.35 bits per heavy atom. The summed E-state index contributed by atoms with van der Waals surface area (Å²) in [5.74, 6) is 0.886. The molecule has 1 aromatic carbocycles. The van der Waals surface area contributed by atoms with Crippen LogP contribution in [0.4, 0.5) is 0 Å². The summed E-state index contributed by atoms with van der Waals surface area (Å²) in [6.45, 7) is 8.01. The van der Waals surface area contributed by atoms with E-state index >= 15 is 0 Å². The van der Waals surface area contributed by atoms with Gasteiger partial charge in [-0.3, -0.25) is 5.41 Å². The normalized spacial score (nSPS) is 12.2. The minimum atomic E-state index is 0.160. The number of benzene rings is 1. The van der Waals surface area contributed by atoms with Crippen molar-refractivity contribution in [2.45, 2.75) is 33.8 Å². The lowest BCUT2D eigenvalue weighted by Crippen LogP contribution is -2.12. The summed E-state index contributed by atoms with van der Waals surface area (Å²) in [5, 5.41) is 12.5. The number of allylic oxidation sites excluding steroid dienone is 1. The second kappa shape index (κ2) is 7.39. The van der Waals surface area contributed by atoms with E-state index in [1.54, 1.807) is 11.8 Å². The molecule has 1 aromatic rings. The molecule has 0 bridgehead atoms. The van der Waals surface area contributed by atoms with E-state index in [9.17, 15) is 0 Å². The fourth-order valence-electron chi connectivity index (χ4n) is 1.96. The van der Waals surface area contributed by atoms with Gasteiger partial charge in [0.05, 0.1) is 16.8 Å². The zero-order chi connectivity index (χ0) is 15.3. The van der Waals surface area contributed by atoms with Gasteiger partial charge in [0.25, 0.3) is 0 Å². The Kier molecular flexibility index (Phi) is 6.14. The molecule has 0 saturated heterocycles. The molecule has 0 aromatic heterocycles. The van der Waals surface area contributed by atoms with Crippen molar-refractivity contribution >= 4 is 17.5 Å². The summed E-state index contributed by atoms with van der Waals surface area (Å²) >= 11 is 1.62. The molecule has 0 unspecified atom stereocenters. The molecule has 2 N–H and O–H groups in total. The highest BCUT2D eigenvalue weighted by Crippen LogP contribution is 2.23. The van der Waals surface area contributed by atoms with Gasteiger partial charge in [0.15, 0.2) is 0 Å². The average molecular weight is 292 g/mol. The zero-order valence-electron chi connectivity index (χ0n) is 13.1. The van der Waals surface area contributed by atoms with Gasteiger partial charge in [-0.15, -0.1) is 11.8 Å². The van der Waals surface area contributed by atoms with Crippen LogP contribution in [-0.2, 0) is 0 Å². The molecule has 0 saturated carbocycles. The highest BCUT2D eigenvalue weighted by atomic mass is 32.2. The third-order valence-corrected chi connectivity index (χ3v) is 3.89. The maximum absolute atomic E-state index is 8.33. The molecule has 0 aliphatic rings. The van der Waals surface area contributed by atoms with Crippen molar-refractivity contribution in [2.75, 3.05) is 13.3 Å². The molecule has 0 amide bonds. The topological polar surface area (TPSA) is 45.1 Å². The molecule has 0 heterocycles. The summed E-state index contributed by atoms with van der Waals surface area (Å²) in [7, 11) is 1.88. The predicted octanol–water partition coefficient (Wildman–Crippen LogP) is 3.96. The van der Waals surface area contributed by atoms with Crippen LogP contribution in [0.2, 0.25) is 0 Å². The maximum Gasteiger partial charge on any atom is 0.122 e. The summed E-state index contributed by atoms with van der Waals surface area (Å²) in [5.41, 5.74) is 3.47. The zero-order valence-corrected chi connectivity index (χ0v) is 13.9. The lowest BCUT2D eigenvalue weighted by molar-refractivity contribution is 0.241. The molecule has 4 heteroatoms. The third kappa shape index (κ3) is 4.04. The third-order valence-electron chi connectivity index (χ3n) is 2.97. The van der Waals surface area contributed by atoms with E-state index in [1.807, 2.05) is 59.2 Å². The Bertz CT molecular complexity index is 515. The van der Waals surface area contributed by atoms with Gasteiger partial charge in [-0.05, 0) is 57.7 Å². The molecule has 0 radical (unpaired) electrons. The van der Waals surface area contributed by atoms with E-state index < -0.39 is 0 Å². The number of hydrogen-bond donors (Lipinski definition) is 2. The van der Waals surface area contributed by atoms with Crippen LogP contribution in [-0.4, -0.2) is 25.1 Å². The van der Waals surface area contributed by atoms with Gasteiger partial charge in [-0.1, -0.05) is 0 Å². The summed E-state index contributed by atoms with van der Waals surface area (Å²) in [4.78, 5) is 0. The maximum atomic E-state index is 8.33. The van der Waals surface area contributed by atoms with E-state index in [2.05, 4.69) is 5.32 Å². The van der Waals surface area contributed by atoms with Gasteiger partial charge in [0.1, 0.15) is 5.75 Å². The molecular weight excluding hydrogens is 268 g/mol. The van der Waals surface area contributed by atoms with Crippen LogP contribution in [0.15, 0.2) is 28.8 Å². The van der Waals surface area contributed by atoms with Gasteiger partial charge in [0, 0.05) is 18.2 Å². The Morgan fingerprint density at radius 2 is 2.00 bits per heavy atom. The van der Waals surface area contributed by atoms with Crippen LogP contribution < -0.4 is 10.1 Å². The number of rotatable bonds is 6. The highest BCUT2D eigenvalue weighted by molar-refractivity contribution is 8.02. The second-order valence-corrected chi connectivity index (χ2v) is 5.75. The molecule has 0 aliphatic heterocycles. The monoisotopic (exact) mass is 292 g/mol. The summed E-state index contributed by atoms with van der Waals surface area (Å²) < 4.78 is 5.73. The number of ether oxygens (including phenoxy) is 1. The van der Waals surface area contributed by atoms with Crippen molar-refractivity contribution in [2.24, 2.45) is 0 Å². The molecular formula is C16H24N2OS. The summed E-state index contributed by atoms with van der Waals surface area (Å²) in [6, 6.07) is 5.91. The first-order valence-electron chi connectivity index (χ1n) is 6.69. The Labute approximate surface area is 126 Å². The lowest BCUT2D eigenvalue weighted by Gasteiger charge is -2.15. The van der Waals surface area contributed by atoms with Crippen molar-refractivity contribution in [1.82, 2.24) is 5.32 Å². The predicted molar refractivity (Wildman–Crippen MR) is 89.0 cm³/mol. The van der Waals surface area contributed by atoms with Gasteiger partial charge in [-0.25, -0.2) is 0 Å². The fraction of sp³-hybridized carbons (Fsp3) is 0.438. The first kappa shape index (κ1) is 16.6. The van der Waals surface area contributed by atoms with Crippen molar-refractivity contribution < 1.29 is 4.74 Å². The Hall–Kier alpha value is -1.42. The summed E-state index contributed by atoms with van der Waals surface area (Å²) in [6.07, 6.45) is 2.17. The quantitative estimate of drug-likeness (QED) is 0.780.